The number of nitrogens with one attached hydrogen (secondary N) is 1. The van der Waals surface area contributed by atoms with E-state index in [2.05, 4.69) is 10.1 Å². The Morgan fingerprint density at radius 3 is 2.50 bits per heavy atom. The molecule has 1 saturated heterocycles. The number of benzene rings is 2. The summed E-state index contributed by atoms with van der Waals surface area (Å²) in [6.07, 6.45) is -0.700. The molecule has 0 spiro atoms. The fourth-order valence-corrected chi connectivity index (χ4v) is 3.00. The number of carbonyl (C=O) groups excluding carboxylic acids is 2. The number of imide groups is 1. The summed E-state index contributed by atoms with van der Waals surface area (Å²) in [5.41, 5.74) is 1.75. The highest BCUT2D eigenvalue weighted by molar-refractivity contribution is 6.32. The van der Waals surface area contributed by atoms with Gasteiger partial charge in [-0.1, -0.05) is 24.6 Å². The fourth-order valence-electron chi connectivity index (χ4n) is 2.79. The highest BCUT2D eigenvalue weighted by Gasteiger charge is 2.32. The van der Waals surface area contributed by atoms with Gasteiger partial charge in [-0.2, -0.15) is 8.78 Å². The van der Waals surface area contributed by atoms with Crippen molar-refractivity contribution >= 4 is 23.6 Å². The molecular weight excluding hydrogens is 396 g/mol. The second-order valence-corrected chi connectivity index (χ2v) is 6.35. The summed E-state index contributed by atoms with van der Waals surface area (Å²) in [6.45, 7) is -1.00. The van der Waals surface area contributed by atoms with Crippen LogP contribution in [-0.4, -0.2) is 24.7 Å². The quantitative estimate of drug-likeness (QED) is 0.727. The van der Waals surface area contributed by atoms with Crippen LogP contribution < -0.4 is 14.8 Å². The number of rotatable bonds is 7. The Morgan fingerprint density at radius 1 is 1.14 bits per heavy atom. The minimum atomic E-state index is -2.94. The van der Waals surface area contributed by atoms with E-state index in [9.17, 15) is 18.4 Å². The van der Waals surface area contributed by atoms with Crippen molar-refractivity contribution in [2.24, 2.45) is 0 Å². The first-order valence-corrected chi connectivity index (χ1v) is 8.79. The molecule has 6 nitrogen and oxygen atoms in total. The van der Waals surface area contributed by atoms with Gasteiger partial charge in [0.25, 0.3) is 5.91 Å². The zero-order chi connectivity index (χ0) is 20.3. The number of carbonyl (C=O) groups is 2. The summed E-state index contributed by atoms with van der Waals surface area (Å²) in [7, 11) is 0. The molecule has 0 aliphatic carbocycles. The lowest BCUT2D eigenvalue weighted by molar-refractivity contribution is -0.123. The van der Waals surface area contributed by atoms with E-state index in [1.54, 1.807) is 18.2 Å². The Bertz CT molecular complexity index is 906. The first kappa shape index (κ1) is 19.9. The maximum atomic E-state index is 12.3. The lowest BCUT2D eigenvalue weighted by Gasteiger charge is -2.14. The van der Waals surface area contributed by atoms with E-state index in [1.807, 2.05) is 6.92 Å². The highest BCUT2D eigenvalue weighted by atomic mass is 35.5. The summed E-state index contributed by atoms with van der Waals surface area (Å²) in [5, 5.41) is 2.21. The number of halogens is 3. The SMILES string of the molecule is CCc1cc(Oc2ccc(OC(F)F)cc2Cl)ccc1CC1OC(=O)NC1=O. The number of hydrogen-bond donors (Lipinski definition) is 1. The Morgan fingerprint density at radius 2 is 1.89 bits per heavy atom. The van der Waals surface area contributed by atoms with Crippen LogP contribution in [0.2, 0.25) is 5.02 Å². The van der Waals surface area contributed by atoms with Crippen LogP contribution in [0.4, 0.5) is 13.6 Å². The van der Waals surface area contributed by atoms with Gasteiger partial charge in [-0.05, 0) is 41.8 Å². The van der Waals surface area contributed by atoms with Gasteiger partial charge < -0.3 is 14.2 Å². The summed E-state index contributed by atoms with van der Waals surface area (Å²) < 4.78 is 39.5. The number of alkyl carbamates (subject to hydrolysis) is 1. The maximum absolute atomic E-state index is 12.3. The van der Waals surface area contributed by atoms with Crippen LogP contribution in [0.1, 0.15) is 18.1 Å². The van der Waals surface area contributed by atoms with Crippen molar-refractivity contribution in [3.8, 4) is 17.2 Å². The van der Waals surface area contributed by atoms with E-state index in [0.29, 0.717) is 12.2 Å². The van der Waals surface area contributed by atoms with Gasteiger partial charge in [0.2, 0.25) is 0 Å². The van der Waals surface area contributed by atoms with Gasteiger partial charge in [0.15, 0.2) is 6.10 Å². The Labute approximate surface area is 164 Å². The molecule has 9 heteroatoms. The van der Waals surface area contributed by atoms with Crippen molar-refractivity contribution in [1.29, 1.82) is 0 Å². The number of aryl methyl sites for hydroxylation is 1. The van der Waals surface area contributed by atoms with E-state index in [0.717, 1.165) is 11.1 Å². The third-order valence-electron chi connectivity index (χ3n) is 4.09. The molecule has 1 atom stereocenters. The average molecular weight is 412 g/mol. The minimum absolute atomic E-state index is 0.0682. The van der Waals surface area contributed by atoms with Crippen LogP contribution >= 0.6 is 11.6 Å². The van der Waals surface area contributed by atoms with Crippen LogP contribution in [0.15, 0.2) is 36.4 Å². The molecule has 148 valence electrons. The van der Waals surface area contributed by atoms with Gasteiger partial charge in [-0.15, -0.1) is 0 Å². The van der Waals surface area contributed by atoms with Crippen molar-refractivity contribution in [2.75, 3.05) is 0 Å². The lowest BCUT2D eigenvalue weighted by Crippen LogP contribution is -2.26. The van der Waals surface area contributed by atoms with Crippen LogP contribution in [-0.2, 0) is 22.4 Å². The minimum Gasteiger partial charge on any atom is -0.456 e. The third kappa shape index (κ3) is 4.69. The second kappa shape index (κ2) is 8.43. The molecule has 1 N–H and O–H groups in total. The molecule has 0 aromatic heterocycles. The van der Waals surface area contributed by atoms with Crippen molar-refractivity contribution < 1.29 is 32.6 Å². The number of ether oxygens (including phenoxy) is 3. The first-order valence-electron chi connectivity index (χ1n) is 8.41. The predicted molar refractivity (Wildman–Crippen MR) is 96.1 cm³/mol. The molecule has 3 rings (SSSR count). The molecule has 1 heterocycles. The van der Waals surface area contributed by atoms with Gasteiger partial charge in [0, 0.05) is 12.5 Å². The van der Waals surface area contributed by atoms with Gasteiger partial charge >= 0.3 is 12.7 Å². The molecule has 1 unspecified atom stereocenters. The van der Waals surface area contributed by atoms with E-state index < -0.39 is 24.7 Å². The molecule has 1 aliphatic heterocycles. The Balaban J connectivity index is 1.75. The second-order valence-electron chi connectivity index (χ2n) is 5.94. The number of hydrogen-bond acceptors (Lipinski definition) is 5. The molecule has 2 aromatic rings. The van der Waals surface area contributed by atoms with Gasteiger partial charge in [-0.25, -0.2) is 4.79 Å². The summed E-state index contributed by atoms with van der Waals surface area (Å²) >= 11 is 6.07. The maximum Gasteiger partial charge on any atom is 0.414 e. The summed E-state index contributed by atoms with van der Waals surface area (Å²) in [4.78, 5) is 22.8. The zero-order valence-corrected chi connectivity index (χ0v) is 15.5. The topological polar surface area (TPSA) is 73.9 Å². The monoisotopic (exact) mass is 411 g/mol. The number of alkyl halides is 2. The zero-order valence-electron chi connectivity index (χ0n) is 14.7. The normalized spacial score (nSPS) is 16.1. The standard InChI is InChI=1S/C19H16ClF2NO5/c1-2-10-7-12(4-3-11(10)8-16-17(24)23-19(25)28-16)26-15-6-5-13(9-14(15)20)27-18(21)22/h3-7,9,16,18H,2,8H2,1H3,(H,23,24,25). The fraction of sp³-hybridized carbons (Fsp3) is 0.263. The van der Waals surface area contributed by atoms with Crippen LogP contribution in [0.3, 0.4) is 0 Å². The van der Waals surface area contributed by atoms with Gasteiger partial charge in [0.05, 0.1) is 5.02 Å². The molecule has 1 aliphatic rings. The van der Waals surface area contributed by atoms with Gasteiger partial charge in [0.1, 0.15) is 17.2 Å². The van der Waals surface area contributed by atoms with E-state index >= 15 is 0 Å². The van der Waals surface area contributed by atoms with Crippen molar-refractivity contribution in [2.45, 2.75) is 32.5 Å². The largest absolute Gasteiger partial charge is 0.456 e. The predicted octanol–water partition coefficient (Wildman–Crippen LogP) is 4.47. The Kier molecular flexibility index (Phi) is 5.99. The summed E-state index contributed by atoms with van der Waals surface area (Å²) in [6, 6.07) is 9.24. The third-order valence-corrected chi connectivity index (χ3v) is 4.38. The average Bonchev–Trinajstić information content (AvgIpc) is 2.95. The van der Waals surface area contributed by atoms with E-state index in [1.165, 1.54) is 18.2 Å². The van der Waals surface area contributed by atoms with Crippen molar-refractivity contribution in [3.63, 3.8) is 0 Å². The molecule has 1 fully saturated rings. The number of cyclic esters (lactones) is 1. The Hall–Kier alpha value is -2.87. The van der Waals surface area contributed by atoms with Gasteiger partial charge in [-0.3, -0.25) is 10.1 Å². The van der Waals surface area contributed by atoms with Crippen molar-refractivity contribution in [1.82, 2.24) is 5.32 Å². The van der Waals surface area contributed by atoms with Crippen LogP contribution in [0.5, 0.6) is 17.2 Å². The molecule has 2 aromatic carbocycles. The van der Waals surface area contributed by atoms with Crippen LogP contribution in [0.25, 0.3) is 0 Å². The van der Waals surface area contributed by atoms with E-state index in [-0.39, 0.29) is 22.9 Å². The molecule has 0 saturated carbocycles. The van der Waals surface area contributed by atoms with Crippen LogP contribution in [0, 0.1) is 0 Å². The summed E-state index contributed by atoms with van der Waals surface area (Å²) in [5.74, 6) is 0.228. The van der Waals surface area contributed by atoms with Crippen molar-refractivity contribution in [3.05, 3.63) is 52.5 Å². The molecule has 0 radical (unpaired) electrons. The highest BCUT2D eigenvalue weighted by Crippen LogP contribution is 2.34. The lowest BCUT2D eigenvalue weighted by atomic mass is 9.99. The molecule has 0 bridgehead atoms. The molecule has 28 heavy (non-hydrogen) atoms. The number of amides is 2. The molecule has 2 amide bonds. The van der Waals surface area contributed by atoms with E-state index in [4.69, 9.17) is 21.1 Å². The first-order chi connectivity index (χ1) is 13.4. The molecular formula is C19H16ClF2NO5. The smallest absolute Gasteiger partial charge is 0.414 e.